The van der Waals surface area contributed by atoms with Gasteiger partial charge in [0.25, 0.3) is 5.91 Å². The maximum absolute atomic E-state index is 11.7. The molecule has 3 rings (SSSR count). The topological polar surface area (TPSA) is 54.4 Å². The molecule has 0 spiro atoms. The third-order valence-corrected chi connectivity index (χ3v) is 3.40. The van der Waals surface area contributed by atoms with Gasteiger partial charge in [-0.1, -0.05) is 18.2 Å². The molecule has 100 valence electrons. The van der Waals surface area contributed by atoms with Crippen molar-refractivity contribution in [1.29, 1.82) is 0 Å². The van der Waals surface area contributed by atoms with Gasteiger partial charge >= 0.3 is 0 Å². The van der Waals surface area contributed by atoms with Crippen molar-refractivity contribution in [3.8, 4) is 0 Å². The van der Waals surface area contributed by atoms with Gasteiger partial charge in [0.2, 0.25) is 0 Å². The summed E-state index contributed by atoms with van der Waals surface area (Å²) in [5.41, 5.74) is 6.67. The minimum absolute atomic E-state index is 0.303. The van der Waals surface area contributed by atoms with E-state index in [9.17, 15) is 4.79 Å². The largest absolute Gasteiger partial charge is 0.289 e. The molecular formula is C16H15N3O. The number of carbonyl (C=O) groups excluding carboxylic acids is 1. The number of nitrogens with one attached hydrogen (secondary N) is 1. The summed E-state index contributed by atoms with van der Waals surface area (Å²) in [4.78, 5) is 15.7. The fraction of sp³-hybridized carbons (Fsp3) is 0.188. The highest BCUT2D eigenvalue weighted by Gasteiger charge is 2.10. The van der Waals surface area contributed by atoms with E-state index in [0.29, 0.717) is 5.69 Å². The standard InChI is InChI=1S/C16H15N3O/c20-16(15-6-1-2-9-17-15)19-18-11-12-7-8-13-4-3-5-14(13)10-12/h1-2,6-11H,3-5H2,(H,19,20)/b18-11+. The van der Waals surface area contributed by atoms with Gasteiger partial charge in [-0.05, 0) is 54.2 Å². The normalized spacial score (nSPS) is 13.4. The summed E-state index contributed by atoms with van der Waals surface area (Å²) in [5, 5.41) is 3.98. The highest BCUT2D eigenvalue weighted by Crippen LogP contribution is 2.22. The fourth-order valence-electron chi connectivity index (χ4n) is 2.39. The lowest BCUT2D eigenvalue weighted by molar-refractivity contribution is 0.0950. The van der Waals surface area contributed by atoms with Crippen molar-refractivity contribution in [2.75, 3.05) is 0 Å². The van der Waals surface area contributed by atoms with Gasteiger partial charge in [-0.25, -0.2) is 5.43 Å². The number of rotatable bonds is 3. The van der Waals surface area contributed by atoms with E-state index in [-0.39, 0.29) is 5.91 Å². The highest BCUT2D eigenvalue weighted by atomic mass is 16.2. The third-order valence-electron chi connectivity index (χ3n) is 3.40. The van der Waals surface area contributed by atoms with Gasteiger partial charge in [0.1, 0.15) is 5.69 Å². The van der Waals surface area contributed by atoms with Crippen LogP contribution in [-0.2, 0) is 12.8 Å². The molecule has 0 bridgehead atoms. The van der Waals surface area contributed by atoms with E-state index < -0.39 is 0 Å². The lowest BCUT2D eigenvalue weighted by atomic mass is 10.1. The summed E-state index contributed by atoms with van der Waals surface area (Å²) < 4.78 is 0. The smallest absolute Gasteiger partial charge is 0.266 e. The van der Waals surface area contributed by atoms with Gasteiger partial charge in [0.05, 0.1) is 6.21 Å². The number of benzene rings is 1. The van der Waals surface area contributed by atoms with E-state index in [1.165, 1.54) is 24.0 Å². The molecule has 1 aromatic carbocycles. The summed E-state index contributed by atoms with van der Waals surface area (Å²) >= 11 is 0. The van der Waals surface area contributed by atoms with Crippen LogP contribution in [-0.4, -0.2) is 17.1 Å². The zero-order chi connectivity index (χ0) is 13.8. The first kappa shape index (κ1) is 12.5. The molecule has 1 amide bonds. The number of hydrogen-bond donors (Lipinski definition) is 1. The summed E-state index contributed by atoms with van der Waals surface area (Å²) in [6.45, 7) is 0. The molecule has 1 aliphatic carbocycles. The predicted octanol–water partition coefficient (Wildman–Crippen LogP) is 2.33. The Morgan fingerprint density at radius 1 is 1.20 bits per heavy atom. The first-order valence-corrected chi connectivity index (χ1v) is 6.69. The van der Waals surface area contributed by atoms with Crippen molar-refractivity contribution in [3.05, 3.63) is 65.0 Å². The molecule has 0 fully saturated rings. The summed E-state index contributed by atoms with van der Waals surface area (Å²) in [6.07, 6.45) is 6.78. The van der Waals surface area contributed by atoms with Gasteiger partial charge in [0, 0.05) is 6.20 Å². The molecular weight excluding hydrogens is 250 g/mol. The van der Waals surface area contributed by atoms with E-state index in [4.69, 9.17) is 0 Å². The number of hydrogen-bond acceptors (Lipinski definition) is 3. The third kappa shape index (κ3) is 2.74. The van der Waals surface area contributed by atoms with Crippen molar-refractivity contribution in [2.45, 2.75) is 19.3 Å². The van der Waals surface area contributed by atoms with Crippen LogP contribution in [0.25, 0.3) is 0 Å². The van der Waals surface area contributed by atoms with Gasteiger partial charge in [0.15, 0.2) is 0 Å². The second-order valence-corrected chi connectivity index (χ2v) is 4.80. The number of aromatic nitrogens is 1. The zero-order valence-electron chi connectivity index (χ0n) is 11.0. The number of carbonyl (C=O) groups is 1. The van der Waals surface area contributed by atoms with Crippen molar-refractivity contribution < 1.29 is 4.79 Å². The molecule has 1 aromatic heterocycles. The second kappa shape index (κ2) is 5.65. The van der Waals surface area contributed by atoms with E-state index in [1.807, 2.05) is 6.07 Å². The first-order chi connectivity index (χ1) is 9.83. The minimum Gasteiger partial charge on any atom is -0.266 e. The number of fused-ring (bicyclic) bond motifs is 1. The molecule has 1 N–H and O–H groups in total. The predicted molar refractivity (Wildman–Crippen MR) is 77.8 cm³/mol. The molecule has 2 aromatic rings. The maximum Gasteiger partial charge on any atom is 0.289 e. The van der Waals surface area contributed by atoms with Crippen molar-refractivity contribution >= 4 is 12.1 Å². The van der Waals surface area contributed by atoms with Crippen LogP contribution >= 0.6 is 0 Å². The molecule has 1 heterocycles. The molecule has 20 heavy (non-hydrogen) atoms. The summed E-state index contributed by atoms with van der Waals surface area (Å²) in [6, 6.07) is 11.5. The Labute approximate surface area is 117 Å². The van der Waals surface area contributed by atoms with Crippen LogP contribution in [0.5, 0.6) is 0 Å². The quantitative estimate of drug-likeness (QED) is 0.684. The fourth-order valence-corrected chi connectivity index (χ4v) is 2.39. The summed E-state index contributed by atoms with van der Waals surface area (Å²) in [5.74, 6) is -0.303. The lowest BCUT2D eigenvalue weighted by Crippen LogP contribution is -2.18. The highest BCUT2D eigenvalue weighted by molar-refractivity contribution is 5.93. The van der Waals surface area contributed by atoms with Crippen LogP contribution in [0.15, 0.2) is 47.7 Å². The molecule has 0 unspecified atom stereocenters. The molecule has 4 heteroatoms. The van der Waals surface area contributed by atoms with E-state index in [1.54, 1.807) is 30.6 Å². The summed E-state index contributed by atoms with van der Waals surface area (Å²) in [7, 11) is 0. The monoisotopic (exact) mass is 265 g/mol. The van der Waals surface area contributed by atoms with Crippen LogP contribution in [0, 0.1) is 0 Å². The van der Waals surface area contributed by atoms with Crippen LogP contribution in [0.2, 0.25) is 0 Å². The molecule has 0 saturated heterocycles. The molecule has 1 aliphatic rings. The van der Waals surface area contributed by atoms with Gasteiger partial charge in [-0.15, -0.1) is 0 Å². The van der Waals surface area contributed by atoms with Crippen molar-refractivity contribution in [2.24, 2.45) is 5.10 Å². The Hall–Kier alpha value is -2.49. The lowest BCUT2D eigenvalue weighted by Gasteiger charge is -2.01. The van der Waals surface area contributed by atoms with Crippen LogP contribution in [0.4, 0.5) is 0 Å². The zero-order valence-corrected chi connectivity index (χ0v) is 11.0. The van der Waals surface area contributed by atoms with Crippen LogP contribution in [0.3, 0.4) is 0 Å². The minimum atomic E-state index is -0.303. The Kier molecular flexibility index (Phi) is 3.54. The van der Waals surface area contributed by atoms with E-state index >= 15 is 0 Å². The van der Waals surface area contributed by atoms with Crippen molar-refractivity contribution in [3.63, 3.8) is 0 Å². The Morgan fingerprint density at radius 3 is 2.95 bits per heavy atom. The Bertz CT molecular complexity index is 650. The number of hydrazone groups is 1. The SMILES string of the molecule is O=C(N/N=C/c1ccc2c(c1)CCC2)c1ccccn1. The molecule has 4 nitrogen and oxygen atoms in total. The second-order valence-electron chi connectivity index (χ2n) is 4.80. The van der Waals surface area contributed by atoms with Crippen LogP contribution < -0.4 is 5.43 Å². The molecule has 0 saturated carbocycles. The van der Waals surface area contributed by atoms with Crippen LogP contribution in [0.1, 0.15) is 33.6 Å². The van der Waals surface area contributed by atoms with Gasteiger partial charge < -0.3 is 0 Å². The molecule has 0 atom stereocenters. The van der Waals surface area contributed by atoms with Gasteiger partial charge in [-0.3, -0.25) is 9.78 Å². The number of amides is 1. The molecule has 0 aliphatic heterocycles. The number of aryl methyl sites for hydroxylation is 2. The Balaban J connectivity index is 1.65. The van der Waals surface area contributed by atoms with Gasteiger partial charge in [-0.2, -0.15) is 5.10 Å². The maximum atomic E-state index is 11.7. The average molecular weight is 265 g/mol. The first-order valence-electron chi connectivity index (χ1n) is 6.69. The van der Waals surface area contributed by atoms with E-state index in [0.717, 1.165) is 12.0 Å². The Morgan fingerprint density at radius 2 is 2.10 bits per heavy atom. The van der Waals surface area contributed by atoms with E-state index in [2.05, 4.69) is 27.6 Å². The average Bonchev–Trinajstić information content (AvgIpc) is 2.95. The van der Waals surface area contributed by atoms with Crippen molar-refractivity contribution in [1.82, 2.24) is 10.4 Å². The molecule has 0 radical (unpaired) electrons. The number of pyridine rings is 1. The number of nitrogens with zero attached hydrogens (tertiary/aromatic N) is 2.